The van der Waals surface area contributed by atoms with Crippen molar-refractivity contribution in [2.75, 3.05) is 0 Å². The molecule has 8 heteroatoms. The van der Waals surface area contributed by atoms with Gasteiger partial charge in [-0.25, -0.2) is 0 Å². The van der Waals surface area contributed by atoms with E-state index in [1.807, 2.05) is 0 Å². The molecule has 0 bridgehead atoms. The van der Waals surface area contributed by atoms with E-state index in [0.29, 0.717) is 0 Å². The number of aromatic hydroxyl groups is 1. The second kappa shape index (κ2) is 7.46. The van der Waals surface area contributed by atoms with Gasteiger partial charge in [0.1, 0.15) is 18.1 Å². The van der Waals surface area contributed by atoms with Crippen LogP contribution in [0.15, 0.2) is 42.7 Å². The number of hydrogen-bond acceptors (Lipinski definition) is 3. The first-order valence-corrected chi connectivity index (χ1v) is 5.51. The maximum absolute atomic E-state index is 12.5. The Morgan fingerprint density at radius 1 is 1.10 bits per heavy atom. The largest absolute Gasteiger partial charge is 1.00 e. The van der Waals surface area contributed by atoms with Gasteiger partial charge in [-0.15, -0.1) is 0 Å². The van der Waals surface area contributed by atoms with E-state index < -0.39 is 12.4 Å². The van der Waals surface area contributed by atoms with Gasteiger partial charge in [0.2, 0.25) is 0 Å². The summed E-state index contributed by atoms with van der Waals surface area (Å²) in [5.41, 5.74) is -0.0519. The van der Waals surface area contributed by atoms with E-state index in [-0.39, 0.29) is 69.5 Å². The molecule has 0 saturated carbocycles. The molecule has 0 aliphatic heterocycles. The summed E-state index contributed by atoms with van der Waals surface area (Å²) in [5.74, 6) is 0.178. The zero-order valence-electron chi connectivity index (χ0n) is 10.8. The Labute approximate surface area is 156 Å². The number of hydrogen-bond donors (Lipinski definition) is 1. The van der Waals surface area contributed by atoms with Gasteiger partial charge in [0.05, 0.1) is 6.20 Å². The molecule has 1 aromatic heterocycles. The van der Waals surface area contributed by atoms with Crippen LogP contribution in [0.1, 0.15) is 5.56 Å². The zero-order chi connectivity index (χ0) is 13.9. The third-order valence-corrected chi connectivity index (χ3v) is 2.45. The summed E-state index contributed by atoms with van der Waals surface area (Å²) in [4.78, 5) is 3.51. The van der Waals surface area contributed by atoms with Crippen molar-refractivity contribution in [1.82, 2.24) is 4.98 Å². The standard InChI is InChI=1S/C12H10BF3NO2.K/c14-13(15,16)10-5-12(7-17-6-10)19-8-9-1-3-11(18)4-2-9;/h1-7,18H,8H2;/q-1;+1. The number of phenols is 1. The van der Waals surface area contributed by atoms with E-state index in [1.54, 1.807) is 12.1 Å². The van der Waals surface area contributed by atoms with Crippen molar-refractivity contribution >= 4 is 12.4 Å². The van der Waals surface area contributed by atoms with Gasteiger partial charge in [-0.05, 0) is 23.8 Å². The van der Waals surface area contributed by atoms with Crippen LogP contribution in [-0.2, 0) is 6.61 Å². The van der Waals surface area contributed by atoms with Crippen LogP contribution in [0.4, 0.5) is 12.9 Å². The summed E-state index contributed by atoms with van der Waals surface area (Å²) in [7, 11) is 0. The summed E-state index contributed by atoms with van der Waals surface area (Å²) in [6.45, 7) is -4.97. The van der Waals surface area contributed by atoms with E-state index in [4.69, 9.17) is 9.84 Å². The molecule has 0 unspecified atom stereocenters. The van der Waals surface area contributed by atoms with E-state index in [2.05, 4.69) is 4.98 Å². The third-order valence-electron chi connectivity index (χ3n) is 2.45. The van der Waals surface area contributed by atoms with Crippen molar-refractivity contribution in [1.29, 1.82) is 0 Å². The fraction of sp³-hybridized carbons (Fsp3) is 0.0833. The van der Waals surface area contributed by atoms with Gasteiger partial charge in [0, 0.05) is 6.20 Å². The first-order valence-electron chi connectivity index (χ1n) is 5.51. The first-order chi connectivity index (χ1) is 8.95. The second-order valence-corrected chi connectivity index (χ2v) is 3.98. The zero-order valence-corrected chi connectivity index (χ0v) is 13.9. The molecule has 20 heavy (non-hydrogen) atoms. The number of phenolic OH excluding ortho intramolecular Hbond substituents is 1. The summed E-state index contributed by atoms with van der Waals surface area (Å²) in [5, 5.41) is 9.09. The van der Waals surface area contributed by atoms with Crippen LogP contribution in [0, 0.1) is 0 Å². The number of aromatic nitrogens is 1. The summed E-state index contributed by atoms with van der Waals surface area (Å²) >= 11 is 0. The SMILES string of the molecule is Oc1ccc(COc2cncc([B-](F)(F)F)c2)cc1.[K+]. The minimum Gasteiger partial charge on any atom is -0.508 e. The number of rotatable bonds is 4. The van der Waals surface area contributed by atoms with Crippen LogP contribution in [0.5, 0.6) is 11.5 Å². The molecule has 100 valence electrons. The molecule has 0 aliphatic rings. The van der Waals surface area contributed by atoms with Crippen molar-refractivity contribution < 1.29 is 74.2 Å². The molecule has 0 amide bonds. The molecular weight excluding hydrogens is 297 g/mol. The van der Waals surface area contributed by atoms with E-state index in [9.17, 15) is 12.9 Å². The Balaban J connectivity index is 0.00000200. The van der Waals surface area contributed by atoms with Gasteiger partial charge in [0.15, 0.2) is 0 Å². The van der Waals surface area contributed by atoms with Crippen LogP contribution in [-0.4, -0.2) is 17.1 Å². The Kier molecular flexibility index (Phi) is 6.54. The fourth-order valence-electron chi connectivity index (χ4n) is 1.45. The molecule has 3 nitrogen and oxygen atoms in total. The van der Waals surface area contributed by atoms with Crippen LogP contribution >= 0.6 is 0 Å². The van der Waals surface area contributed by atoms with Crippen molar-refractivity contribution in [2.24, 2.45) is 0 Å². The minimum absolute atomic E-state index is 0. The van der Waals surface area contributed by atoms with Crippen LogP contribution in [0.2, 0.25) is 0 Å². The Hall–Kier alpha value is -0.539. The molecule has 0 atom stereocenters. The summed E-state index contributed by atoms with van der Waals surface area (Å²) in [6.07, 6.45) is 2.00. The van der Waals surface area contributed by atoms with Crippen molar-refractivity contribution in [2.45, 2.75) is 6.61 Å². The summed E-state index contributed by atoms with van der Waals surface area (Å²) < 4.78 is 42.8. The Morgan fingerprint density at radius 2 is 1.75 bits per heavy atom. The molecular formula is C12H10BF3KNO2. The van der Waals surface area contributed by atoms with Gasteiger partial charge in [-0.2, -0.15) is 0 Å². The molecule has 1 aromatic carbocycles. The summed E-state index contributed by atoms with van der Waals surface area (Å²) in [6, 6.07) is 7.13. The van der Waals surface area contributed by atoms with E-state index in [0.717, 1.165) is 17.8 Å². The Bertz CT molecular complexity index is 563. The minimum atomic E-state index is -5.08. The number of pyridine rings is 1. The quantitative estimate of drug-likeness (QED) is 0.769. The van der Waals surface area contributed by atoms with Crippen LogP contribution in [0.25, 0.3) is 0 Å². The number of benzene rings is 1. The first kappa shape index (κ1) is 17.5. The molecule has 2 aromatic rings. The van der Waals surface area contributed by atoms with Crippen molar-refractivity contribution in [3.05, 3.63) is 48.3 Å². The number of nitrogens with zero attached hydrogens (tertiary/aromatic N) is 1. The van der Waals surface area contributed by atoms with E-state index >= 15 is 0 Å². The van der Waals surface area contributed by atoms with Crippen molar-refractivity contribution in [3.63, 3.8) is 0 Å². The van der Waals surface area contributed by atoms with Gasteiger partial charge in [0.25, 0.3) is 0 Å². The molecule has 0 spiro atoms. The molecule has 0 saturated heterocycles. The van der Waals surface area contributed by atoms with Crippen LogP contribution in [0.3, 0.4) is 0 Å². The molecule has 0 aliphatic carbocycles. The molecule has 0 fully saturated rings. The average molecular weight is 307 g/mol. The maximum Gasteiger partial charge on any atom is 1.00 e. The topological polar surface area (TPSA) is 42.4 Å². The molecule has 1 heterocycles. The molecule has 0 radical (unpaired) electrons. The second-order valence-electron chi connectivity index (χ2n) is 3.98. The van der Waals surface area contributed by atoms with E-state index in [1.165, 1.54) is 18.3 Å². The predicted octanol–water partition coefficient (Wildman–Crippen LogP) is -0.575. The maximum atomic E-state index is 12.5. The van der Waals surface area contributed by atoms with Gasteiger partial charge < -0.3 is 22.8 Å². The predicted molar refractivity (Wildman–Crippen MR) is 65.4 cm³/mol. The molecule has 1 N–H and O–H groups in total. The number of ether oxygens (including phenoxy) is 1. The average Bonchev–Trinajstić information content (AvgIpc) is 2.37. The fourth-order valence-corrected chi connectivity index (χ4v) is 1.45. The normalized spacial score (nSPS) is 10.8. The van der Waals surface area contributed by atoms with Crippen molar-refractivity contribution in [3.8, 4) is 11.5 Å². The molecule has 2 rings (SSSR count). The van der Waals surface area contributed by atoms with Gasteiger partial charge in [-0.3, -0.25) is 4.98 Å². The third kappa shape index (κ3) is 5.10. The van der Waals surface area contributed by atoms with Gasteiger partial charge in [-0.1, -0.05) is 17.6 Å². The number of halogens is 3. The smallest absolute Gasteiger partial charge is 0.508 e. The van der Waals surface area contributed by atoms with Crippen LogP contribution < -0.4 is 61.6 Å². The Morgan fingerprint density at radius 3 is 2.35 bits per heavy atom. The van der Waals surface area contributed by atoms with Gasteiger partial charge >= 0.3 is 58.4 Å². The monoisotopic (exact) mass is 307 g/mol.